The molecule has 0 bridgehead atoms. The Labute approximate surface area is 124 Å². The maximum Gasteiger partial charge on any atom is 0.285 e. The molecule has 1 atom stereocenters. The minimum atomic E-state index is -0.719. The molecule has 5 nitrogen and oxygen atoms in total. The Balaban J connectivity index is 2.35. The molecule has 1 heterocycles. The number of piperidine rings is 1. The first-order valence-electron chi connectivity index (χ1n) is 6.35. The van der Waals surface area contributed by atoms with Crippen LogP contribution in [0.25, 0.3) is 0 Å². The summed E-state index contributed by atoms with van der Waals surface area (Å²) in [6, 6.07) is 3.09. The van der Waals surface area contributed by atoms with Gasteiger partial charge in [-0.3, -0.25) is 14.9 Å². The maximum absolute atomic E-state index is 13.1. The number of hydrogen-bond acceptors (Lipinski definition) is 3. The molecule has 1 aliphatic heterocycles. The minimum Gasteiger partial charge on any atom is -0.335 e. The molecule has 20 heavy (non-hydrogen) atoms. The van der Waals surface area contributed by atoms with Crippen LogP contribution in [0, 0.1) is 15.9 Å². The number of nitrogens with zero attached hydrogens (tertiary/aromatic N) is 2. The van der Waals surface area contributed by atoms with Crippen LogP contribution < -0.4 is 0 Å². The summed E-state index contributed by atoms with van der Waals surface area (Å²) < 4.78 is 13.1. The van der Waals surface area contributed by atoms with E-state index in [0.717, 1.165) is 31.4 Å². The van der Waals surface area contributed by atoms with Crippen molar-refractivity contribution in [2.24, 2.45) is 0 Å². The number of nitro benzene ring substituents is 1. The highest BCUT2D eigenvalue weighted by Crippen LogP contribution is 2.26. The van der Waals surface area contributed by atoms with Gasteiger partial charge in [0, 0.05) is 17.9 Å². The SMILES string of the molecule is O=C(c1ccc(F)cc1[N+](=O)[O-])N1CCCCC1CBr. The molecule has 0 N–H and O–H groups in total. The van der Waals surface area contributed by atoms with Gasteiger partial charge in [0.05, 0.1) is 11.0 Å². The summed E-state index contributed by atoms with van der Waals surface area (Å²) >= 11 is 3.36. The number of hydrogen-bond donors (Lipinski definition) is 0. The van der Waals surface area contributed by atoms with Crippen LogP contribution in [-0.2, 0) is 0 Å². The molecule has 7 heteroatoms. The molecule has 0 aliphatic carbocycles. The molecule has 1 aromatic carbocycles. The number of carbonyl (C=O) groups excluding carboxylic acids is 1. The van der Waals surface area contributed by atoms with Crippen LogP contribution in [0.1, 0.15) is 29.6 Å². The van der Waals surface area contributed by atoms with Crippen LogP contribution in [0.5, 0.6) is 0 Å². The lowest BCUT2D eigenvalue weighted by Crippen LogP contribution is -2.44. The van der Waals surface area contributed by atoms with Crippen molar-refractivity contribution in [3.8, 4) is 0 Å². The quantitative estimate of drug-likeness (QED) is 0.480. The number of halogens is 2. The second-order valence-corrected chi connectivity index (χ2v) is 5.37. The van der Waals surface area contributed by atoms with E-state index >= 15 is 0 Å². The summed E-state index contributed by atoms with van der Waals surface area (Å²) in [5.74, 6) is -1.12. The predicted molar refractivity (Wildman–Crippen MR) is 75.5 cm³/mol. The van der Waals surface area contributed by atoms with Crippen molar-refractivity contribution in [1.29, 1.82) is 0 Å². The zero-order valence-corrected chi connectivity index (χ0v) is 12.3. The molecular weight excluding hydrogens is 331 g/mol. The molecule has 0 aromatic heterocycles. The van der Waals surface area contributed by atoms with Crippen molar-refractivity contribution >= 4 is 27.5 Å². The fourth-order valence-electron chi connectivity index (χ4n) is 2.42. The van der Waals surface area contributed by atoms with Crippen molar-refractivity contribution < 1.29 is 14.1 Å². The van der Waals surface area contributed by atoms with Crippen molar-refractivity contribution in [2.45, 2.75) is 25.3 Å². The van der Waals surface area contributed by atoms with Crippen molar-refractivity contribution in [3.63, 3.8) is 0 Å². The smallest absolute Gasteiger partial charge is 0.285 e. The Morgan fingerprint density at radius 3 is 2.90 bits per heavy atom. The molecule has 1 aromatic rings. The number of carbonyl (C=O) groups is 1. The van der Waals surface area contributed by atoms with Crippen LogP contribution in [-0.4, -0.2) is 33.6 Å². The third kappa shape index (κ3) is 2.98. The van der Waals surface area contributed by atoms with Crippen LogP contribution in [0.3, 0.4) is 0 Å². The van der Waals surface area contributed by atoms with E-state index < -0.39 is 22.3 Å². The topological polar surface area (TPSA) is 63.4 Å². The van der Waals surface area contributed by atoms with Gasteiger partial charge in [-0.05, 0) is 31.4 Å². The lowest BCUT2D eigenvalue weighted by atomic mass is 10.0. The van der Waals surface area contributed by atoms with Crippen molar-refractivity contribution in [3.05, 3.63) is 39.7 Å². The highest BCUT2D eigenvalue weighted by atomic mass is 79.9. The van der Waals surface area contributed by atoms with E-state index in [1.807, 2.05) is 0 Å². The Bertz CT molecular complexity index is 538. The van der Waals surface area contributed by atoms with Gasteiger partial charge in [0.15, 0.2) is 0 Å². The first-order chi connectivity index (χ1) is 9.54. The summed E-state index contributed by atoms with van der Waals surface area (Å²) in [6.45, 7) is 0.573. The molecular formula is C13H14BrFN2O3. The van der Waals surface area contributed by atoms with E-state index in [0.29, 0.717) is 11.9 Å². The van der Waals surface area contributed by atoms with Crippen LogP contribution in [0.15, 0.2) is 18.2 Å². The molecule has 1 unspecified atom stereocenters. The van der Waals surface area contributed by atoms with Gasteiger partial charge in [0.25, 0.3) is 11.6 Å². The molecule has 0 spiro atoms. The van der Waals surface area contributed by atoms with E-state index in [2.05, 4.69) is 15.9 Å². The number of nitro groups is 1. The monoisotopic (exact) mass is 344 g/mol. The largest absolute Gasteiger partial charge is 0.335 e. The second kappa shape index (κ2) is 6.30. The van der Waals surface area contributed by atoms with Gasteiger partial charge < -0.3 is 4.90 Å². The lowest BCUT2D eigenvalue weighted by Gasteiger charge is -2.34. The molecule has 1 aliphatic rings. The number of likely N-dealkylation sites (tertiary alicyclic amines) is 1. The number of benzene rings is 1. The van der Waals surface area contributed by atoms with Gasteiger partial charge in [-0.15, -0.1) is 0 Å². The van der Waals surface area contributed by atoms with E-state index in [4.69, 9.17) is 0 Å². The highest BCUT2D eigenvalue weighted by Gasteiger charge is 2.30. The van der Waals surface area contributed by atoms with E-state index in [1.165, 1.54) is 6.07 Å². The molecule has 108 valence electrons. The van der Waals surface area contributed by atoms with E-state index in [1.54, 1.807) is 4.90 Å². The third-order valence-corrected chi connectivity index (χ3v) is 4.20. The minimum absolute atomic E-state index is 0.0286. The first kappa shape index (κ1) is 14.9. The zero-order chi connectivity index (χ0) is 14.7. The first-order valence-corrected chi connectivity index (χ1v) is 7.47. The van der Waals surface area contributed by atoms with Gasteiger partial charge in [0.1, 0.15) is 11.4 Å². The summed E-state index contributed by atoms with van der Waals surface area (Å²) in [5, 5.41) is 11.6. The van der Waals surface area contributed by atoms with Crippen LogP contribution in [0.2, 0.25) is 0 Å². The fourth-order valence-corrected chi connectivity index (χ4v) is 3.09. The summed E-state index contributed by atoms with van der Waals surface area (Å²) in [5.41, 5.74) is -0.529. The Kier molecular flexibility index (Phi) is 4.69. The fraction of sp³-hybridized carbons (Fsp3) is 0.462. The Morgan fingerprint density at radius 1 is 1.50 bits per heavy atom. The van der Waals surface area contributed by atoms with Crippen molar-refractivity contribution in [2.75, 3.05) is 11.9 Å². The molecule has 0 saturated carbocycles. The molecule has 0 radical (unpaired) electrons. The summed E-state index contributed by atoms with van der Waals surface area (Å²) in [6.07, 6.45) is 2.78. The Morgan fingerprint density at radius 2 is 2.25 bits per heavy atom. The normalized spacial score (nSPS) is 18.9. The summed E-state index contributed by atoms with van der Waals surface area (Å²) in [4.78, 5) is 24.4. The predicted octanol–water partition coefficient (Wildman–Crippen LogP) is 3.12. The van der Waals surface area contributed by atoms with Gasteiger partial charge in [-0.25, -0.2) is 4.39 Å². The molecule has 1 amide bonds. The zero-order valence-electron chi connectivity index (χ0n) is 10.7. The van der Waals surface area contributed by atoms with Gasteiger partial charge in [-0.1, -0.05) is 15.9 Å². The number of amides is 1. The standard InChI is InChI=1S/C13H14BrFN2O3/c14-8-10-3-1-2-6-16(10)13(18)11-5-4-9(15)7-12(11)17(19)20/h4-5,7,10H,1-3,6,8H2. The van der Waals surface area contributed by atoms with E-state index in [9.17, 15) is 19.3 Å². The summed E-state index contributed by atoms with van der Waals surface area (Å²) in [7, 11) is 0. The van der Waals surface area contributed by atoms with Crippen LogP contribution in [0.4, 0.5) is 10.1 Å². The number of rotatable bonds is 3. The number of alkyl halides is 1. The van der Waals surface area contributed by atoms with Gasteiger partial charge >= 0.3 is 0 Å². The molecule has 1 fully saturated rings. The second-order valence-electron chi connectivity index (χ2n) is 4.72. The average molecular weight is 345 g/mol. The van der Waals surface area contributed by atoms with Crippen molar-refractivity contribution in [1.82, 2.24) is 4.90 Å². The lowest BCUT2D eigenvalue weighted by molar-refractivity contribution is -0.385. The highest BCUT2D eigenvalue weighted by molar-refractivity contribution is 9.09. The van der Waals surface area contributed by atoms with E-state index in [-0.39, 0.29) is 11.6 Å². The molecule has 2 rings (SSSR count). The van der Waals surface area contributed by atoms with Gasteiger partial charge in [0.2, 0.25) is 0 Å². The third-order valence-electron chi connectivity index (χ3n) is 3.45. The van der Waals surface area contributed by atoms with Crippen LogP contribution >= 0.6 is 15.9 Å². The Hall–Kier alpha value is -1.50. The molecule has 1 saturated heterocycles. The maximum atomic E-state index is 13.1. The average Bonchev–Trinajstić information content (AvgIpc) is 2.46. The van der Waals surface area contributed by atoms with Gasteiger partial charge in [-0.2, -0.15) is 0 Å².